The fourth-order valence-electron chi connectivity index (χ4n) is 0.975. The second kappa shape index (κ2) is 4.99. The van der Waals surface area contributed by atoms with E-state index in [-0.39, 0.29) is 6.42 Å². The number of anilines is 2. The lowest BCUT2D eigenvalue weighted by Gasteiger charge is -2.04. The Balaban J connectivity index is 2.51. The Bertz CT molecular complexity index is 359. The highest BCUT2D eigenvalue weighted by Crippen LogP contribution is 2.10. The number of nitrogens with two attached hydrogens (primary N) is 1. The zero-order valence-corrected chi connectivity index (χ0v) is 8.32. The lowest BCUT2D eigenvalue weighted by atomic mass is 10.3. The molecule has 0 aliphatic rings. The highest BCUT2D eigenvalue weighted by Gasteiger charge is 2.08. The van der Waals surface area contributed by atoms with Crippen LogP contribution in [0.25, 0.3) is 0 Å². The van der Waals surface area contributed by atoms with Crippen molar-refractivity contribution < 1.29 is 14.3 Å². The number of nitrogen functional groups attached to an aromatic ring is 1. The van der Waals surface area contributed by atoms with Gasteiger partial charge >= 0.3 is 5.97 Å². The van der Waals surface area contributed by atoms with E-state index in [2.05, 4.69) is 10.1 Å². The van der Waals surface area contributed by atoms with Crippen molar-refractivity contribution in [3.05, 3.63) is 24.3 Å². The van der Waals surface area contributed by atoms with E-state index >= 15 is 0 Å². The maximum absolute atomic E-state index is 11.2. The van der Waals surface area contributed by atoms with E-state index in [0.29, 0.717) is 11.4 Å². The molecule has 80 valence electrons. The predicted molar refractivity (Wildman–Crippen MR) is 56.1 cm³/mol. The van der Waals surface area contributed by atoms with E-state index in [4.69, 9.17) is 5.73 Å². The van der Waals surface area contributed by atoms with E-state index in [1.165, 1.54) is 7.11 Å². The van der Waals surface area contributed by atoms with Gasteiger partial charge < -0.3 is 15.8 Å². The van der Waals surface area contributed by atoms with Crippen LogP contribution < -0.4 is 11.1 Å². The van der Waals surface area contributed by atoms with Crippen LogP contribution in [0.2, 0.25) is 0 Å². The molecule has 1 aromatic carbocycles. The van der Waals surface area contributed by atoms with Crippen LogP contribution in [0.1, 0.15) is 6.42 Å². The molecule has 5 nitrogen and oxygen atoms in total. The van der Waals surface area contributed by atoms with E-state index in [0.717, 1.165) is 0 Å². The predicted octanol–water partition coefficient (Wildman–Crippen LogP) is 0.770. The van der Waals surface area contributed by atoms with Gasteiger partial charge in [-0.05, 0) is 24.3 Å². The van der Waals surface area contributed by atoms with Crippen LogP contribution in [0.3, 0.4) is 0 Å². The molecule has 0 radical (unpaired) electrons. The molecule has 0 fully saturated rings. The average molecular weight is 208 g/mol. The molecule has 0 aliphatic carbocycles. The number of carbonyl (C=O) groups excluding carboxylic acids is 2. The Morgan fingerprint density at radius 3 is 2.47 bits per heavy atom. The van der Waals surface area contributed by atoms with Crippen LogP contribution in [0.4, 0.5) is 11.4 Å². The van der Waals surface area contributed by atoms with Gasteiger partial charge in [-0.15, -0.1) is 0 Å². The summed E-state index contributed by atoms with van der Waals surface area (Å²) < 4.78 is 4.36. The first-order valence-corrected chi connectivity index (χ1v) is 4.34. The average Bonchev–Trinajstić information content (AvgIpc) is 2.21. The van der Waals surface area contributed by atoms with Crippen LogP contribution in [0.15, 0.2) is 24.3 Å². The summed E-state index contributed by atoms with van der Waals surface area (Å²) in [6.45, 7) is 0. The van der Waals surface area contributed by atoms with Gasteiger partial charge in [-0.1, -0.05) is 0 Å². The zero-order valence-electron chi connectivity index (χ0n) is 8.32. The number of hydrogen-bond donors (Lipinski definition) is 2. The molecule has 0 saturated heterocycles. The molecule has 1 rings (SSSR count). The van der Waals surface area contributed by atoms with Gasteiger partial charge in [0.1, 0.15) is 6.42 Å². The van der Waals surface area contributed by atoms with Gasteiger partial charge in [-0.2, -0.15) is 0 Å². The van der Waals surface area contributed by atoms with Crippen LogP contribution in [-0.4, -0.2) is 19.0 Å². The lowest BCUT2D eigenvalue weighted by Crippen LogP contribution is -2.17. The number of methoxy groups -OCH3 is 1. The number of carbonyl (C=O) groups is 2. The minimum atomic E-state index is -0.567. The van der Waals surface area contributed by atoms with Crippen molar-refractivity contribution in [3.8, 4) is 0 Å². The standard InChI is InChI=1S/C10H12N2O3/c1-15-10(14)6-9(13)12-8-4-2-7(11)3-5-8/h2-5H,6,11H2,1H3,(H,12,13). The first kappa shape index (κ1) is 11.0. The van der Waals surface area contributed by atoms with Crippen LogP contribution in [0, 0.1) is 0 Å². The number of esters is 1. The molecule has 1 aromatic rings. The van der Waals surface area contributed by atoms with Crippen molar-refractivity contribution in [2.24, 2.45) is 0 Å². The highest BCUT2D eigenvalue weighted by atomic mass is 16.5. The Labute approximate surface area is 87.2 Å². The molecule has 0 aromatic heterocycles. The second-order valence-electron chi connectivity index (χ2n) is 2.92. The molecule has 0 saturated carbocycles. The van der Waals surface area contributed by atoms with Crippen LogP contribution in [-0.2, 0) is 14.3 Å². The largest absolute Gasteiger partial charge is 0.469 e. The van der Waals surface area contributed by atoms with E-state index in [1.807, 2.05) is 0 Å². The van der Waals surface area contributed by atoms with E-state index < -0.39 is 11.9 Å². The normalized spacial score (nSPS) is 9.40. The highest BCUT2D eigenvalue weighted by molar-refractivity contribution is 6.01. The van der Waals surface area contributed by atoms with Crippen molar-refractivity contribution in [2.75, 3.05) is 18.2 Å². The van der Waals surface area contributed by atoms with Crippen molar-refractivity contribution in [3.63, 3.8) is 0 Å². The molecule has 0 bridgehead atoms. The summed E-state index contributed by atoms with van der Waals surface area (Å²) in [6.07, 6.45) is -0.291. The quantitative estimate of drug-likeness (QED) is 0.436. The Hall–Kier alpha value is -2.04. The Morgan fingerprint density at radius 2 is 1.93 bits per heavy atom. The fourth-order valence-corrected chi connectivity index (χ4v) is 0.975. The summed E-state index contributed by atoms with van der Waals surface area (Å²) in [5.74, 6) is -0.977. The van der Waals surface area contributed by atoms with Gasteiger partial charge in [0.05, 0.1) is 7.11 Å². The number of amides is 1. The van der Waals surface area contributed by atoms with Crippen molar-refractivity contribution in [1.82, 2.24) is 0 Å². The van der Waals surface area contributed by atoms with Crippen molar-refractivity contribution >= 4 is 23.3 Å². The molecule has 1 amide bonds. The summed E-state index contributed by atoms with van der Waals surface area (Å²) in [4.78, 5) is 22.0. The lowest BCUT2D eigenvalue weighted by molar-refractivity contribution is -0.142. The minimum absolute atomic E-state index is 0.291. The molecule has 0 unspecified atom stereocenters. The minimum Gasteiger partial charge on any atom is -0.469 e. The van der Waals surface area contributed by atoms with Gasteiger partial charge in [-0.25, -0.2) is 0 Å². The monoisotopic (exact) mass is 208 g/mol. The molecule has 0 heterocycles. The maximum atomic E-state index is 11.2. The van der Waals surface area contributed by atoms with E-state index in [9.17, 15) is 9.59 Å². The molecule has 15 heavy (non-hydrogen) atoms. The van der Waals surface area contributed by atoms with Gasteiger partial charge in [0.15, 0.2) is 0 Å². The number of rotatable bonds is 3. The summed E-state index contributed by atoms with van der Waals surface area (Å²) in [5, 5.41) is 2.54. The molecule has 0 atom stereocenters. The Morgan fingerprint density at radius 1 is 1.33 bits per heavy atom. The van der Waals surface area contributed by atoms with E-state index in [1.54, 1.807) is 24.3 Å². The molecule has 0 aliphatic heterocycles. The number of ether oxygens (including phenoxy) is 1. The molecular formula is C10H12N2O3. The van der Waals surface area contributed by atoms with Crippen LogP contribution >= 0.6 is 0 Å². The molecular weight excluding hydrogens is 196 g/mol. The summed E-state index contributed by atoms with van der Waals surface area (Å²) in [6, 6.07) is 6.64. The summed E-state index contributed by atoms with van der Waals surface area (Å²) >= 11 is 0. The third-order valence-electron chi connectivity index (χ3n) is 1.73. The smallest absolute Gasteiger partial charge is 0.315 e. The number of nitrogens with one attached hydrogen (secondary N) is 1. The number of benzene rings is 1. The number of hydrogen-bond acceptors (Lipinski definition) is 4. The third-order valence-corrected chi connectivity index (χ3v) is 1.73. The van der Waals surface area contributed by atoms with Crippen LogP contribution in [0.5, 0.6) is 0 Å². The fraction of sp³-hybridized carbons (Fsp3) is 0.200. The van der Waals surface area contributed by atoms with Gasteiger partial charge in [0.25, 0.3) is 0 Å². The first-order valence-electron chi connectivity index (χ1n) is 4.34. The molecule has 5 heteroatoms. The topological polar surface area (TPSA) is 81.4 Å². The zero-order chi connectivity index (χ0) is 11.3. The Kier molecular flexibility index (Phi) is 3.68. The SMILES string of the molecule is COC(=O)CC(=O)Nc1ccc(N)cc1. The van der Waals surface area contributed by atoms with Crippen molar-refractivity contribution in [2.45, 2.75) is 6.42 Å². The van der Waals surface area contributed by atoms with Gasteiger partial charge in [0, 0.05) is 11.4 Å². The van der Waals surface area contributed by atoms with Gasteiger partial charge in [0.2, 0.25) is 5.91 Å². The van der Waals surface area contributed by atoms with Crippen molar-refractivity contribution in [1.29, 1.82) is 0 Å². The maximum Gasteiger partial charge on any atom is 0.315 e. The van der Waals surface area contributed by atoms with Gasteiger partial charge in [-0.3, -0.25) is 9.59 Å². The third kappa shape index (κ3) is 3.68. The molecule has 0 spiro atoms. The summed E-state index contributed by atoms with van der Waals surface area (Å²) in [5.41, 5.74) is 6.68. The summed E-state index contributed by atoms with van der Waals surface area (Å²) in [7, 11) is 1.23. The second-order valence-corrected chi connectivity index (χ2v) is 2.92. The molecule has 3 N–H and O–H groups in total. The first-order chi connectivity index (χ1) is 7.11.